The molecule has 1 atom stereocenters. The zero-order valence-corrected chi connectivity index (χ0v) is 27.2. The first-order chi connectivity index (χ1) is 21.6. The predicted octanol–water partition coefficient (Wildman–Crippen LogP) is 6.02. The van der Waals surface area contributed by atoms with Crippen molar-refractivity contribution in [3.05, 3.63) is 125 Å². The van der Waals surface area contributed by atoms with Gasteiger partial charge in [-0.3, -0.25) is 13.9 Å². The predicted molar refractivity (Wildman–Crippen MR) is 178 cm³/mol. The van der Waals surface area contributed by atoms with Crippen molar-refractivity contribution < 1.29 is 22.7 Å². The summed E-state index contributed by atoms with van der Waals surface area (Å²) in [5.41, 5.74) is 2.77. The average molecular weight is 648 g/mol. The number of aryl methyl sites for hydroxylation is 1. The minimum Gasteiger partial charge on any atom is -0.495 e. The molecule has 10 heteroatoms. The average Bonchev–Trinajstić information content (AvgIpc) is 3.04. The monoisotopic (exact) mass is 647 g/mol. The van der Waals surface area contributed by atoms with Crippen molar-refractivity contribution in [2.45, 2.75) is 44.2 Å². The highest BCUT2D eigenvalue weighted by Gasteiger charge is 2.35. The summed E-state index contributed by atoms with van der Waals surface area (Å²) in [6.07, 6.45) is 0.952. The van der Waals surface area contributed by atoms with Gasteiger partial charge in [0.2, 0.25) is 11.8 Å². The lowest BCUT2D eigenvalue weighted by molar-refractivity contribution is -0.140. The number of nitrogens with one attached hydrogen (secondary N) is 1. The Morgan fingerprint density at radius 3 is 2.20 bits per heavy atom. The Balaban J connectivity index is 1.84. The van der Waals surface area contributed by atoms with Crippen molar-refractivity contribution in [1.29, 1.82) is 0 Å². The standard InChI is InChI=1S/C35H38ClN3O5S/c1-4-20-37-35(41)32(22-27-13-7-5-8-14-27)38(24-28-15-11-12-26(2)21-28)34(40)25-39(31-23-29(36)18-19-33(31)44-3)45(42,43)30-16-9-6-10-17-30/h5-19,21,23,32H,4,20,22,24-25H2,1-3H3,(H,37,41). The molecule has 0 aliphatic heterocycles. The maximum atomic E-state index is 14.6. The second kappa shape index (κ2) is 15.6. The quantitative estimate of drug-likeness (QED) is 0.181. The number of benzene rings is 4. The van der Waals surface area contributed by atoms with Crippen LogP contribution in [0.4, 0.5) is 5.69 Å². The van der Waals surface area contributed by atoms with E-state index in [1.165, 1.54) is 30.2 Å². The van der Waals surface area contributed by atoms with Crippen LogP contribution in [0.3, 0.4) is 0 Å². The molecule has 1 unspecified atom stereocenters. The number of hydrogen-bond donors (Lipinski definition) is 1. The molecule has 0 aromatic heterocycles. The summed E-state index contributed by atoms with van der Waals surface area (Å²) in [4.78, 5) is 29.8. The third-order valence-corrected chi connectivity index (χ3v) is 9.28. The van der Waals surface area contributed by atoms with E-state index in [2.05, 4.69) is 5.32 Å². The number of ether oxygens (including phenoxy) is 1. The van der Waals surface area contributed by atoms with Crippen LogP contribution in [-0.4, -0.2) is 51.4 Å². The topological polar surface area (TPSA) is 96.0 Å². The van der Waals surface area contributed by atoms with Crippen molar-refractivity contribution in [3.63, 3.8) is 0 Å². The van der Waals surface area contributed by atoms with Gasteiger partial charge in [0, 0.05) is 24.5 Å². The number of rotatable bonds is 14. The first-order valence-corrected chi connectivity index (χ1v) is 16.5. The molecule has 45 heavy (non-hydrogen) atoms. The van der Waals surface area contributed by atoms with Gasteiger partial charge in [0.1, 0.15) is 18.3 Å². The van der Waals surface area contributed by atoms with Gasteiger partial charge in [-0.15, -0.1) is 0 Å². The molecule has 236 valence electrons. The number of hydrogen-bond acceptors (Lipinski definition) is 5. The van der Waals surface area contributed by atoms with E-state index in [-0.39, 0.29) is 40.2 Å². The maximum absolute atomic E-state index is 14.6. The highest BCUT2D eigenvalue weighted by Crippen LogP contribution is 2.35. The van der Waals surface area contributed by atoms with E-state index in [1.807, 2.05) is 68.4 Å². The highest BCUT2D eigenvalue weighted by atomic mass is 35.5. The summed E-state index contributed by atoms with van der Waals surface area (Å²) in [5, 5.41) is 3.22. The van der Waals surface area contributed by atoms with Crippen LogP contribution < -0.4 is 14.4 Å². The molecule has 8 nitrogen and oxygen atoms in total. The van der Waals surface area contributed by atoms with E-state index in [4.69, 9.17) is 16.3 Å². The Bertz CT molecular complexity index is 1700. The first-order valence-electron chi connectivity index (χ1n) is 14.7. The molecule has 0 spiro atoms. The van der Waals surface area contributed by atoms with Gasteiger partial charge in [0.05, 0.1) is 17.7 Å². The van der Waals surface area contributed by atoms with E-state index in [1.54, 1.807) is 30.3 Å². The van der Waals surface area contributed by atoms with Gasteiger partial charge < -0.3 is 15.0 Å². The molecule has 4 aromatic carbocycles. The molecule has 0 heterocycles. The molecule has 1 N–H and O–H groups in total. The largest absolute Gasteiger partial charge is 0.495 e. The van der Waals surface area contributed by atoms with E-state index in [9.17, 15) is 18.0 Å². The zero-order valence-electron chi connectivity index (χ0n) is 25.6. The third-order valence-electron chi connectivity index (χ3n) is 7.28. The molecule has 0 aliphatic carbocycles. The lowest BCUT2D eigenvalue weighted by Gasteiger charge is -2.34. The van der Waals surface area contributed by atoms with E-state index < -0.39 is 28.5 Å². The number of halogens is 1. The molecule has 0 radical (unpaired) electrons. The smallest absolute Gasteiger partial charge is 0.264 e. The van der Waals surface area contributed by atoms with Crippen LogP contribution in [0, 0.1) is 6.92 Å². The van der Waals surface area contributed by atoms with Crippen molar-refractivity contribution in [1.82, 2.24) is 10.2 Å². The van der Waals surface area contributed by atoms with Gasteiger partial charge in [0.15, 0.2) is 0 Å². The molecule has 0 bridgehead atoms. The second-order valence-electron chi connectivity index (χ2n) is 10.6. The van der Waals surface area contributed by atoms with Gasteiger partial charge >= 0.3 is 0 Å². The minimum absolute atomic E-state index is 0.00779. The van der Waals surface area contributed by atoms with Crippen LogP contribution in [0.2, 0.25) is 5.02 Å². The second-order valence-corrected chi connectivity index (χ2v) is 12.9. The van der Waals surface area contributed by atoms with Gasteiger partial charge in [-0.2, -0.15) is 0 Å². The number of carbonyl (C=O) groups excluding carboxylic acids is 2. The summed E-state index contributed by atoms with van der Waals surface area (Å²) in [6.45, 7) is 3.82. The van der Waals surface area contributed by atoms with Crippen molar-refractivity contribution >= 4 is 39.1 Å². The number of amides is 2. The van der Waals surface area contributed by atoms with Gasteiger partial charge in [-0.05, 0) is 54.8 Å². The molecular weight excluding hydrogens is 610 g/mol. The normalized spacial score (nSPS) is 11.8. The van der Waals surface area contributed by atoms with Crippen LogP contribution in [0.25, 0.3) is 0 Å². The fourth-order valence-corrected chi connectivity index (χ4v) is 6.62. The maximum Gasteiger partial charge on any atom is 0.264 e. The summed E-state index contributed by atoms with van der Waals surface area (Å²) in [5.74, 6) is -0.663. The molecule has 4 rings (SSSR count). The van der Waals surface area contributed by atoms with Gasteiger partial charge in [-0.1, -0.05) is 96.9 Å². The molecular formula is C35H38ClN3O5S. The summed E-state index contributed by atoms with van der Waals surface area (Å²) < 4.78 is 34.9. The summed E-state index contributed by atoms with van der Waals surface area (Å²) >= 11 is 6.34. The Morgan fingerprint density at radius 2 is 1.56 bits per heavy atom. The minimum atomic E-state index is -4.28. The summed E-state index contributed by atoms with van der Waals surface area (Å²) in [6, 6.07) is 28.6. The Morgan fingerprint density at radius 1 is 0.889 bits per heavy atom. The Kier molecular flexibility index (Phi) is 11.6. The number of carbonyl (C=O) groups is 2. The van der Waals surface area contributed by atoms with Crippen molar-refractivity contribution in [3.8, 4) is 5.75 Å². The molecule has 0 aliphatic rings. The molecule has 0 saturated carbocycles. The van der Waals surface area contributed by atoms with Crippen LogP contribution in [0.15, 0.2) is 108 Å². The SMILES string of the molecule is CCCNC(=O)C(Cc1ccccc1)N(Cc1cccc(C)c1)C(=O)CN(c1cc(Cl)ccc1OC)S(=O)(=O)c1ccccc1. The molecule has 0 fully saturated rings. The fourth-order valence-electron chi connectivity index (χ4n) is 5.02. The molecule has 2 amide bonds. The number of anilines is 1. The highest BCUT2D eigenvalue weighted by molar-refractivity contribution is 7.92. The van der Waals surface area contributed by atoms with E-state index in [0.29, 0.717) is 13.0 Å². The first kappa shape index (κ1) is 33.6. The van der Waals surface area contributed by atoms with Crippen molar-refractivity contribution in [2.24, 2.45) is 0 Å². The Labute approximate surface area is 270 Å². The van der Waals surface area contributed by atoms with E-state index in [0.717, 1.165) is 21.0 Å². The van der Waals surface area contributed by atoms with Gasteiger partial charge in [-0.25, -0.2) is 8.42 Å². The van der Waals surface area contributed by atoms with Crippen LogP contribution >= 0.6 is 11.6 Å². The lowest BCUT2D eigenvalue weighted by atomic mass is 10.0. The number of sulfonamides is 1. The summed E-state index contributed by atoms with van der Waals surface area (Å²) in [7, 11) is -2.87. The molecule has 4 aromatic rings. The third kappa shape index (κ3) is 8.65. The number of nitrogens with zero attached hydrogens (tertiary/aromatic N) is 2. The lowest BCUT2D eigenvalue weighted by Crippen LogP contribution is -2.53. The zero-order chi connectivity index (χ0) is 32.4. The fraction of sp³-hybridized carbons (Fsp3) is 0.257. The van der Waals surface area contributed by atoms with Crippen molar-refractivity contribution in [2.75, 3.05) is 24.5 Å². The van der Waals surface area contributed by atoms with Crippen LogP contribution in [0.1, 0.15) is 30.0 Å². The Hall–Kier alpha value is -4.34. The van der Waals surface area contributed by atoms with Crippen LogP contribution in [-0.2, 0) is 32.6 Å². The van der Waals surface area contributed by atoms with Crippen LogP contribution in [0.5, 0.6) is 5.75 Å². The number of methoxy groups -OCH3 is 1. The van der Waals surface area contributed by atoms with E-state index >= 15 is 0 Å². The molecule has 0 saturated heterocycles. The van der Waals surface area contributed by atoms with Gasteiger partial charge in [0.25, 0.3) is 10.0 Å².